The highest BCUT2D eigenvalue weighted by molar-refractivity contribution is 5.96. The van der Waals surface area contributed by atoms with E-state index < -0.39 is 17.4 Å². The third-order valence-electron chi connectivity index (χ3n) is 4.38. The van der Waals surface area contributed by atoms with Crippen molar-refractivity contribution in [3.8, 4) is 11.5 Å². The number of allylic oxidation sites excluding steroid dienone is 2. The average Bonchev–Trinajstić information content (AvgIpc) is 2.58. The summed E-state index contributed by atoms with van der Waals surface area (Å²) in [7, 11) is 0. The molecule has 0 radical (unpaired) electrons. The first-order valence-corrected chi connectivity index (χ1v) is 9.38. The van der Waals surface area contributed by atoms with E-state index in [4.69, 9.17) is 14.2 Å². The van der Waals surface area contributed by atoms with Gasteiger partial charge in [0.1, 0.15) is 17.1 Å². The maximum Gasteiger partial charge on any atom is 0.367 e. The summed E-state index contributed by atoms with van der Waals surface area (Å²) in [6.45, 7) is 13.8. The second-order valence-corrected chi connectivity index (χ2v) is 7.40. The molecule has 0 fully saturated rings. The quantitative estimate of drug-likeness (QED) is 0.482. The molecule has 5 heteroatoms. The van der Waals surface area contributed by atoms with Gasteiger partial charge in [0, 0.05) is 22.8 Å². The van der Waals surface area contributed by atoms with Gasteiger partial charge in [0.25, 0.3) is 0 Å². The zero-order valence-corrected chi connectivity index (χ0v) is 17.2. The Balaban J connectivity index is 2.68. The second kappa shape index (κ2) is 8.15. The van der Waals surface area contributed by atoms with E-state index in [0.29, 0.717) is 23.7 Å². The number of carbonyl (C=O) groups is 1. The molecule has 4 nitrogen and oxygen atoms in total. The topological polar surface area (TPSA) is 44.8 Å². The van der Waals surface area contributed by atoms with Crippen LogP contribution in [0.3, 0.4) is 0 Å². The molecule has 1 aromatic rings. The van der Waals surface area contributed by atoms with Crippen molar-refractivity contribution in [3.63, 3.8) is 0 Å². The van der Waals surface area contributed by atoms with Gasteiger partial charge in [0.15, 0.2) is 0 Å². The Bertz CT molecular complexity index is 788. The predicted molar refractivity (Wildman–Crippen MR) is 105 cm³/mol. The molecule has 0 amide bonds. The minimum atomic E-state index is -0.966. The summed E-state index contributed by atoms with van der Waals surface area (Å²) < 4.78 is 31.2. The molecule has 0 aromatic heterocycles. The van der Waals surface area contributed by atoms with Crippen LogP contribution in [0.25, 0.3) is 11.1 Å². The van der Waals surface area contributed by atoms with Crippen molar-refractivity contribution in [1.82, 2.24) is 0 Å². The van der Waals surface area contributed by atoms with Crippen LogP contribution in [0, 0.1) is 5.92 Å². The Hall–Kier alpha value is -2.30. The third kappa shape index (κ3) is 4.52. The minimum Gasteiger partial charge on any atom is -0.493 e. The first-order valence-electron chi connectivity index (χ1n) is 9.38. The molecule has 0 atom stereocenters. The Kier molecular flexibility index (Phi) is 6.34. The first-order chi connectivity index (χ1) is 12.6. The lowest BCUT2D eigenvalue weighted by molar-refractivity contribution is -0.140. The molecule has 1 aromatic carbocycles. The summed E-state index contributed by atoms with van der Waals surface area (Å²) in [5.74, 6) is -0.439. The maximum atomic E-state index is 14.6. The van der Waals surface area contributed by atoms with Gasteiger partial charge in [-0.3, -0.25) is 0 Å². The van der Waals surface area contributed by atoms with Gasteiger partial charge in [-0.1, -0.05) is 13.8 Å². The summed E-state index contributed by atoms with van der Waals surface area (Å²) in [6, 6.07) is 3.63. The predicted octanol–water partition coefficient (Wildman–Crippen LogP) is 5.56. The zero-order valence-electron chi connectivity index (χ0n) is 17.2. The largest absolute Gasteiger partial charge is 0.493 e. The molecule has 1 aliphatic heterocycles. The van der Waals surface area contributed by atoms with E-state index in [-0.39, 0.29) is 18.1 Å². The summed E-state index contributed by atoms with van der Waals surface area (Å²) in [5, 5.41) is 0. The lowest BCUT2D eigenvalue weighted by Crippen LogP contribution is -2.30. The highest BCUT2D eigenvalue weighted by atomic mass is 19.1. The van der Waals surface area contributed by atoms with Crippen LogP contribution < -0.4 is 9.47 Å². The van der Waals surface area contributed by atoms with Gasteiger partial charge in [-0.15, -0.1) is 0 Å². The molecule has 0 saturated carbocycles. The number of hydrogen-bond acceptors (Lipinski definition) is 4. The summed E-state index contributed by atoms with van der Waals surface area (Å²) in [5.41, 5.74) is 2.27. The summed E-state index contributed by atoms with van der Waals surface area (Å²) in [6.07, 6.45) is 2.09. The number of ether oxygens (including phenoxy) is 3. The monoisotopic (exact) mass is 376 g/mol. The smallest absolute Gasteiger partial charge is 0.367 e. The van der Waals surface area contributed by atoms with Crippen molar-refractivity contribution in [3.05, 3.63) is 35.2 Å². The van der Waals surface area contributed by atoms with Crippen LogP contribution in [-0.2, 0) is 9.53 Å². The summed E-state index contributed by atoms with van der Waals surface area (Å²) in [4.78, 5) is 11.8. The van der Waals surface area contributed by atoms with E-state index >= 15 is 0 Å². The molecule has 0 unspecified atom stereocenters. The van der Waals surface area contributed by atoms with Crippen LogP contribution in [0.2, 0.25) is 0 Å². The van der Waals surface area contributed by atoms with Gasteiger partial charge in [-0.05, 0) is 58.3 Å². The molecule has 0 N–H and O–H groups in total. The molecule has 0 aliphatic carbocycles. The van der Waals surface area contributed by atoms with Crippen molar-refractivity contribution < 1.29 is 23.4 Å². The fourth-order valence-corrected chi connectivity index (χ4v) is 3.15. The van der Waals surface area contributed by atoms with Crippen molar-refractivity contribution in [2.24, 2.45) is 5.92 Å². The number of esters is 1. The fraction of sp³-hybridized carbons (Fsp3) is 0.500. The van der Waals surface area contributed by atoms with E-state index in [0.717, 1.165) is 11.1 Å². The molecular weight excluding hydrogens is 347 g/mol. The highest BCUT2D eigenvalue weighted by Crippen LogP contribution is 2.44. The van der Waals surface area contributed by atoms with Crippen LogP contribution in [0.1, 0.15) is 59.6 Å². The molecule has 0 spiro atoms. The molecular formula is C22H29FO4. The average molecular weight is 376 g/mol. The van der Waals surface area contributed by atoms with E-state index in [2.05, 4.69) is 19.9 Å². The van der Waals surface area contributed by atoms with Crippen molar-refractivity contribution in [1.29, 1.82) is 0 Å². The van der Waals surface area contributed by atoms with E-state index in [1.54, 1.807) is 19.9 Å². The normalized spacial score (nSPS) is 16.1. The Labute approximate surface area is 161 Å². The van der Waals surface area contributed by atoms with E-state index in [1.807, 2.05) is 26.8 Å². The SMILES string of the molecule is CCOC(=O)C(F)=C(C)c1cc2c(cc1OCC)OC(C)(C)C=C2C(C)C. The van der Waals surface area contributed by atoms with Gasteiger partial charge in [-0.2, -0.15) is 4.39 Å². The van der Waals surface area contributed by atoms with Crippen LogP contribution in [0.5, 0.6) is 11.5 Å². The van der Waals surface area contributed by atoms with Crippen LogP contribution in [0.4, 0.5) is 4.39 Å². The lowest BCUT2D eigenvalue weighted by Gasteiger charge is -2.33. The van der Waals surface area contributed by atoms with Crippen molar-refractivity contribution in [2.45, 2.75) is 54.1 Å². The molecule has 2 rings (SSSR count). The number of carbonyl (C=O) groups excluding carboxylic acids is 1. The lowest BCUT2D eigenvalue weighted by atomic mass is 9.86. The Morgan fingerprint density at radius 2 is 1.89 bits per heavy atom. The van der Waals surface area contributed by atoms with Gasteiger partial charge >= 0.3 is 5.97 Å². The van der Waals surface area contributed by atoms with E-state index in [9.17, 15) is 9.18 Å². The molecule has 27 heavy (non-hydrogen) atoms. The first kappa shape index (κ1) is 21.0. The van der Waals surface area contributed by atoms with Gasteiger partial charge in [0.05, 0.1) is 13.2 Å². The van der Waals surface area contributed by atoms with Gasteiger partial charge < -0.3 is 14.2 Å². The second-order valence-electron chi connectivity index (χ2n) is 7.40. The van der Waals surface area contributed by atoms with Crippen LogP contribution in [-0.4, -0.2) is 24.8 Å². The molecule has 0 saturated heterocycles. The van der Waals surface area contributed by atoms with Crippen LogP contribution >= 0.6 is 0 Å². The Morgan fingerprint density at radius 3 is 2.44 bits per heavy atom. The van der Waals surface area contributed by atoms with Crippen LogP contribution in [0.15, 0.2) is 24.0 Å². The maximum absolute atomic E-state index is 14.6. The van der Waals surface area contributed by atoms with Gasteiger partial charge in [-0.25, -0.2) is 4.79 Å². The minimum absolute atomic E-state index is 0.116. The number of fused-ring (bicyclic) bond motifs is 1. The van der Waals surface area contributed by atoms with E-state index in [1.165, 1.54) is 0 Å². The van der Waals surface area contributed by atoms with Crippen molar-refractivity contribution >= 4 is 17.1 Å². The number of hydrogen-bond donors (Lipinski definition) is 0. The number of rotatable bonds is 6. The standard InChI is InChI=1S/C22H29FO4/c1-8-25-18-11-19-16(17(13(3)4)12-22(6,7)27-19)10-15(18)14(5)20(23)21(24)26-9-2/h10-13H,8-9H2,1-7H3. The highest BCUT2D eigenvalue weighted by Gasteiger charge is 2.30. The number of benzene rings is 1. The fourth-order valence-electron chi connectivity index (χ4n) is 3.15. The van der Waals surface area contributed by atoms with Gasteiger partial charge in [0.2, 0.25) is 5.83 Å². The Morgan fingerprint density at radius 1 is 1.22 bits per heavy atom. The zero-order chi connectivity index (χ0) is 20.4. The molecule has 1 aliphatic rings. The third-order valence-corrected chi connectivity index (χ3v) is 4.38. The molecule has 1 heterocycles. The molecule has 0 bridgehead atoms. The number of halogens is 1. The summed E-state index contributed by atoms with van der Waals surface area (Å²) >= 11 is 0. The van der Waals surface area contributed by atoms with Crippen molar-refractivity contribution in [2.75, 3.05) is 13.2 Å². The molecule has 148 valence electrons.